The first-order chi connectivity index (χ1) is 9.65. The van der Waals surface area contributed by atoms with Crippen molar-refractivity contribution in [2.75, 3.05) is 6.61 Å². The second kappa shape index (κ2) is 7.31. The van der Waals surface area contributed by atoms with Crippen LogP contribution in [0.4, 0.5) is 13.2 Å². The third kappa shape index (κ3) is 5.35. The number of carbonyl (C=O) groups excluding carboxylic acids is 2. The molecule has 0 N–H and O–H groups in total. The van der Waals surface area contributed by atoms with E-state index in [1.54, 1.807) is 6.92 Å². The number of ether oxygens (including phenoxy) is 1. The van der Waals surface area contributed by atoms with Gasteiger partial charge in [-0.3, -0.25) is 4.79 Å². The van der Waals surface area contributed by atoms with Crippen LogP contribution >= 0.6 is 27.7 Å². The smallest absolute Gasteiger partial charge is 0.446 e. The third-order valence-corrected chi connectivity index (χ3v) is 4.24. The molecule has 116 valence electrons. The highest BCUT2D eigenvalue weighted by molar-refractivity contribution is 9.09. The molecule has 0 bridgehead atoms. The number of Topliss-reactive ketones (excluding diaryl/α,β-unsaturated/α-hetero) is 1. The number of ketones is 1. The monoisotopic (exact) mass is 384 g/mol. The van der Waals surface area contributed by atoms with Gasteiger partial charge in [0, 0.05) is 4.90 Å². The van der Waals surface area contributed by atoms with Gasteiger partial charge in [0.15, 0.2) is 0 Å². The molecule has 3 nitrogen and oxygen atoms in total. The molecule has 1 unspecified atom stereocenters. The summed E-state index contributed by atoms with van der Waals surface area (Å²) < 4.78 is 42.1. The van der Waals surface area contributed by atoms with Crippen molar-refractivity contribution in [3.05, 3.63) is 29.3 Å². The Labute approximate surface area is 132 Å². The maximum absolute atomic E-state index is 12.4. The number of hydrogen-bond acceptors (Lipinski definition) is 4. The van der Waals surface area contributed by atoms with Crippen LogP contribution in [0.2, 0.25) is 0 Å². The molecule has 1 rings (SSSR count). The predicted octanol–water partition coefficient (Wildman–Crippen LogP) is 4.50. The molecule has 0 aromatic heterocycles. The first kappa shape index (κ1) is 18.0. The van der Waals surface area contributed by atoms with E-state index < -0.39 is 16.3 Å². The molecule has 8 heteroatoms. The molecule has 0 radical (unpaired) electrons. The van der Waals surface area contributed by atoms with Crippen molar-refractivity contribution in [2.24, 2.45) is 0 Å². The molecule has 0 aliphatic heterocycles. The Morgan fingerprint density at radius 1 is 1.38 bits per heavy atom. The largest absolute Gasteiger partial charge is 0.462 e. The Morgan fingerprint density at radius 3 is 2.48 bits per heavy atom. The van der Waals surface area contributed by atoms with Crippen molar-refractivity contribution >= 4 is 39.4 Å². The number of carbonyl (C=O) groups is 2. The Bertz CT molecular complexity index is 546. The van der Waals surface area contributed by atoms with Gasteiger partial charge in [-0.05, 0) is 49.4 Å². The van der Waals surface area contributed by atoms with Crippen LogP contribution in [0.5, 0.6) is 0 Å². The second-order valence-corrected chi connectivity index (χ2v) is 6.04. The fourth-order valence-electron chi connectivity index (χ4n) is 1.56. The normalized spacial score (nSPS) is 12.9. The van der Waals surface area contributed by atoms with E-state index in [0.717, 1.165) is 0 Å². The van der Waals surface area contributed by atoms with Gasteiger partial charge in [0.2, 0.25) is 0 Å². The lowest BCUT2D eigenvalue weighted by Crippen LogP contribution is -2.12. The van der Waals surface area contributed by atoms with Gasteiger partial charge >= 0.3 is 11.5 Å². The van der Waals surface area contributed by atoms with Crippen molar-refractivity contribution in [1.29, 1.82) is 0 Å². The first-order valence-electron chi connectivity index (χ1n) is 5.87. The van der Waals surface area contributed by atoms with Gasteiger partial charge in [-0.15, -0.1) is 0 Å². The zero-order valence-corrected chi connectivity index (χ0v) is 13.6. The van der Waals surface area contributed by atoms with E-state index in [9.17, 15) is 22.8 Å². The first-order valence-corrected chi connectivity index (χ1v) is 7.60. The van der Waals surface area contributed by atoms with Crippen molar-refractivity contribution < 1.29 is 27.5 Å². The highest BCUT2D eigenvalue weighted by Crippen LogP contribution is 2.39. The number of hydrogen-bond donors (Lipinski definition) is 0. The van der Waals surface area contributed by atoms with Gasteiger partial charge in [-0.1, -0.05) is 15.9 Å². The van der Waals surface area contributed by atoms with Gasteiger partial charge < -0.3 is 4.74 Å². The van der Waals surface area contributed by atoms with E-state index in [2.05, 4.69) is 15.9 Å². The molecular formula is C13H12BrF3O3S. The third-order valence-electron chi connectivity index (χ3n) is 2.38. The zero-order chi connectivity index (χ0) is 16.2. The van der Waals surface area contributed by atoms with Gasteiger partial charge in [0.05, 0.1) is 17.0 Å². The Hall–Kier alpha value is -1.02. The summed E-state index contributed by atoms with van der Waals surface area (Å²) in [4.78, 5) is 22.3. The fourth-order valence-corrected chi connectivity index (χ4v) is 2.53. The Balaban J connectivity index is 3.26. The molecule has 0 aliphatic rings. The van der Waals surface area contributed by atoms with Crippen LogP contribution in [0.25, 0.3) is 0 Å². The van der Waals surface area contributed by atoms with Crippen molar-refractivity contribution in [3.8, 4) is 0 Å². The van der Waals surface area contributed by atoms with E-state index >= 15 is 0 Å². The standard InChI is InChI=1S/C13H12BrF3O3S/c1-3-20-12(19)9-5-4-8(21-13(15,16)17)6-10(9)11(14)7(2)18/h4-6,11H,3H2,1-2H3. The summed E-state index contributed by atoms with van der Waals surface area (Å²) in [6, 6.07) is 3.58. The molecule has 0 spiro atoms. The fraction of sp³-hybridized carbons (Fsp3) is 0.385. The van der Waals surface area contributed by atoms with Crippen molar-refractivity contribution in [3.63, 3.8) is 0 Å². The van der Waals surface area contributed by atoms with Crippen LogP contribution in [0, 0.1) is 0 Å². The lowest BCUT2D eigenvalue weighted by molar-refractivity contribution is -0.116. The van der Waals surface area contributed by atoms with E-state index in [1.807, 2.05) is 0 Å². The van der Waals surface area contributed by atoms with Crippen LogP contribution in [-0.2, 0) is 9.53 Å². The van der Waals surface area contributed by atoms with Crippen LogP contribution in [-0.4, -0.2) is 23.9 Å². The number of esters is 1. The summed E-state index contributed by atoms with van der Waals surface area (Å²) in [7, 11) is 0. The number of benzene rings is 1. The SMILES string of the molecule is CCOC(=O)c1ccc(SC(F)(F)F)cc1C(Br)C(C)=O. The molecule has 1 aromatic rings. The summed E-state index contributed by atoms with van der Waals surface area (Å²) in [5.41, 5.74) is -4.21. The number of alkyl halides is 4. The zero-order valence-electron chi connectivity index (χ0n) is 11.2. The average molecular weight is 385 g/mol. The van der Waals surface area contributed by atoms with E-state index in [4.69, 9.17) is 4.74 Å². The van der Waals surface area contributed by atoms with E-state index in [0.29, 0.717) is 0 Å². The van der Waals surface area contributed by atoms with Crippen molar-refractivity contribution in [1.82, 2.24) is 0 Å². The van der Waals surface area contributed by atoms with E-state index in [-0.39, 0.29) is 40.2 Å². The molecule has 21 heavy (non-hydrogen) atoms. The minimum Gasteiger partial charge on any atom is -0.462 e. The highest BCUT2D eigenvalue weighted by atomic mass is 79.9. The lowest BCUT2D eigenvalue weighted by Gasteiger charge is -2.14. The number of thioether (sulfide) groups is 1. The average Bonchev–Trinajstić information content (AvgIpc) is 2.35. The minimum absolute atomic E-state index is 0.0699. The second-order valence-electron chi connectivity index (χ2n) is 3.99. The molecule has 1 atom stereocenters. The van der Waals surface area contributed by atoms with Gasteiger partial charge in [-0.2, -0.15) is 13.2 Å². The quantitative estimate of drug-likeness (QED) is 0.425. The molecule has 0 heterocycles. The molecule has 0 amide bonds. The summed E-state index contributed by atoms with van der Waals surface area (Å²) in [5, 5.41) is 0. The number of rotatable bonds is 5. The van der Waals surface area contributed by atoms with E-state index in [1.165, 1.54) is 25.1 Å². The predicted molar refractivity (Wildman–Crippen MR) is 76.7 cm³/mol. The molecule has 0 saturated heterocycles. The topological polar surface area (TPSA) is 43.4 Å². The van der Waals surface area contributed by atoms with Crippen LogP contribution in [0.1, 0.15) is 34.6 Å². The van der Waals surface area contributed by atoms with Crippen LogP contribution in [0.3, 0.4) is 0 Å². The summed E-state index contributed by atoms with van der Waals surface area (Å²) in [6.45, 7) is 3.02. The summed E-state index contributed by atoms with van der Waals surface area (Å²) >= 11 is 2.78. The van der Waals surface area contributed by atoms with Crippen molar-refractivity contribution in [2.45, 2.75) is 29.1 Å². The lowest BCUT2D eigenvalue weighted by atomic mass is 10.0. The molecule has 0 saturated carbocycles. The van der Waals surface area contributed by atoms with Crippen LogP contribution in [0.15, 0.2) is 23.1 Å². The molecular weight excluding hydrogens is 373 g/mol. The molecule has 1 aromatic carbocycles. The minimum atomic E-state index is -4.44. The Morgan fingerprint density at radius 2 is 2.00 bits per heavy atom. The maximum Gasteiger partial charge on any atom is 0.446 e. The molecule has 0 fully saturated rings. The van der Waals surface area contributed by atoms with Gasteiger partial charge in [0.25, 0.3) is 0 Å². The highest BCUT2D eigenvalue weighted by Gasteiger charge is 2.30. The maximum atomic E-state index is 12.4. The summed E-state index contributed by atoms with van der Waals surface area (Å²) in [5.74, 6) is -1.00. The van der Waals surface area contributed by atoms with Crippen LogP contribution < -0.4 is 0 Å². The summed E-state index contributed by atoms with van der Waals surface area (Å²) in [6.07, 6.45) is 0. The van der Waals surface area contributed by atoms with Gasteiger partial charge in [0.1, 0.15) is 5.78 Å². The number of halogens is 4. The van der Waals surface area contributed by atoms with Gasteiger partial charge in [-0.25, -0.2) is 4.79 Å². The Kier molecular flexibility index (Phi) is 6.27. The molecule has 0 aliphatic carbocycles.